The third-order valence-electron chi connectivity index (χ3n) is 3.38. The van der Waals surface area contributed by atoms with E-state index in [1.54, 1.807) is 0 Å². The van der Waals surface area contributed by atoms with Gasteiger partial charge in [-0.1, -0.05) is 31.2 Å². The molecular weight excluding hydrogens is 277 g/mol. The average molecular weight is 294 g/mol. The minimum absolute atomic E-state index is 0.417. The Morgan fingerprint density at radius 2 is 1.67 bits per heavy atom. The molecule has 2 rings (SSSR count). The lowest BCUT2D eigenvalue weighted by atomic mass is 10.0. The Balaban J connectivity index is 2.07. The van der Waals surface area contributed by atoms with Crippen molar-refractivity contribution in [3.05, 3.63) is 65.0 Å². The van der Waals surface area contributed by atoms with Crippen LogP contribution in [0.15, 0.2) is 42.6 Å². The molecule has 1 atom stereocenters. The van der Waals surface area contributed by atoms with E-state index in [0.29, 0.717) is 12.1 Å². The van der Waals surface area contributed by atoms with Crippen molar-refractivity contribution >= 4 is 0 Å². The highest BCUT2D eigenvalue weighted by molar-refractivity contribution is 5.25. The largest absolute Gasteiger partial charge is 0.417 e. The Morgan fingerprint density at radius 1 is 1.05 bits per heavy atom. The van der Waals surface area contributed by atoms with Crippen LogP contribution in [0.25, 0.3) is 0 Å². The molecule has 2 N–H and O–H groups in total. The summed E-state index contributed by atoms with van der Waals surface area (Å²) in [7, 11) is 0. The molecule has 0 aliphatic carbocycles. The molecule has 0 spiro atoms. The van der Waals surface area contributed by atoms with Crippen molar-refractivity contribution in [2.24, 2.45) is 5.73 Å². The van der Waals surface area contributed by atoms with Gasteiger partial charge in [0.25, 0.3) is 0 Å². The van der Waals surface area contributed by atoms with E-state index in [1.165, 1.54) is 11.6 Å². The van der Waals surface area contributed by atoms with Crippen LogP contribution in [0.5, 0.6) is 0 Å². The molecule has 0 bridgehead atoms. The first kappa shape index (κ1) is 15.5. The summed E-state index contributed by atoms with van der Waals surface area (Å²) in [5.41, 5.74) is 7.99. The van der Waals surface area contributed by atoms with Crippen LogP contribution in [0.2, 0.25) is 0 Å². The predicted octanol–water partition coefficient (Wildman–Crippen LogP) is 3.91. The second kappa shape index (κ2) is 6.26. The second-order valence-corrected chi connectivity index (χ2v) is 4.95. The number of benzene rings is 1. The number of hydrogen-bond donors (Lipinski definition) is 1. The van der Waals surface area contributed by atoms with Crippen molar-refractivity contribution in [3.63, 3.8) is 0 Å². The van der Waals surface area contributed by atoms with Crippen molar-refractivity contribution in [3.8, 4) is 0 Å². The van der Waals surface area contributed by atoms with Crippen molar-refractivity contribution in [1.82, 2.24) is 4.98 Å². The first-order valence-electron chi connectivity index (χ1n) is 6.76. The molecular formula is C16H17F3N2. The maximum Gasteiger partial charge on any atom is 0.417 e. The lowest BCUT2D eigenvalue weighted by Gasteiger charge is -2.13. The van der Waals surface area contributed by atoms with E-state index in [2.05, 4.69) is 11.9 Å². The molecule has 0 radical (unpaired) electrons. The molecule has 0 fully saturated rings. The molecule has 1 heterocycles. The summed E-state index contributed by atoms with van der Waals surface area (Å²) in [5.74, 6) is 0. The number of aromatic nitrogens is 1. The van der Waals surface area contributed by atoms with E-state index < -0.39 is 17.8 Å². The fourth-order valence-electron chi connectivity index (χ4n) is 2.06. The average Bonchev–Trinajstić information content (AvgIpc) is 2.47. The molecule has 2 aromatic rings. The molecule has 112 valence electrons. The number of halogens is 3. The summed E-state index contributed by atoms with van der Waals surface area (Å²) in [5, 5.41) is 0. The molecule has 1 aromatic carbocycles. The molecule has 0 aliphatic rings. The van der Waals surface area contributed by atoms with Crippen molar-refractivity contribution in [1.29, 1.82) is 0 Å². The van der Waals surface area contributed by atoms with Gasteiger partial charge in [-0.25, -0.2) is 0 Å². The lowest BCUT2D eigenvalue weighted by Crippen LogP contribution is -2.16. The summed E-state index contributed by atoms with van der Waals surface area (Å²) >= 11 is 0. The molecule has 2 nitrogen and oxygen atoms in total. The van der Waals surface area contributed by atoms with Crippen LogP contribution in [0.3, 0.4) is 0 Å². The number of nitrogens with zero attached hydrogens (tertiary/aromatic N) is 1. The van der Waals surface area contributed by atoms with E-state index in [4.69, 9.17) is 5.73 Å². The Kier molecular flexibility index (Phi) is 4.63. The van der Waals surface area contributed by atoms with E-state index in [1.807, 2.05) is 24.3 Å². The highest BCUT2D eigenvalue weighted by atomic mass is 19.4. The van der Waals surface area contributed by atoms with Crippen LogP contribution < -0.4 is 5.73 Å². The van der Waals surface area contributed by atoms with Gasteiger partial charge in [-0.3, -0.25) is 4.98 Å². The topological polar surface area (TPSA) is 38.9 Å². The number of hydrogen-bond acceptors (Lipinski definition) is 2. The fourth-order valence-corrected chi connectivity index (χ4v) is 2.06. The van der Waals surface area contributed by atoms with Crippen LogP contribution in [0, 0.1) is 0 Å². The normalized spacial score (nSPS) is 13.2. The molecule has 0 amide bonds. The zero-order valence-electron chi connectivity index (χ0n) is 11.7. The summed E-state index contributed by atoms with van der Waals surface area (Å²) in [4.78, 5) is 3.83. The van der Waals surface area contributed by atoms with Crippen molar-refractivity contribution in [2.45, 2.75) is 32.0 Å². The summed E-state index contributed by atoms with van der Waals surface area (Å²) in [6.07, 6.45) is -2.03. The Morgan fingerprint density at radius 3 is 2.14 bits per heavy atom. The maximum absolute atomic E-state index is 12.5. The van der Waals surface area contributed by atoms with Crippen LogP contribution in [0.4, 0.5) is 13.2 Å². The molecule has 1 aromatic heterocycles. The molecule has 5 heteroatoms. The quantitative estimate of drug-likeness (QED) is 0.928. The zero-order chi connectivity index (χ0) is 15.5. The van der Waals surface area contributed by atoms with Gasteiger partial charge in [0.2, 0.25) is 0 Å². The molecule has 0 aliphatic heterocycles. The second-order valence-electron chi connectivity index (χ2n) is 4.95. The van der Waals surface area contributed by atoms with E-state index in [0.717, 1.165) is 24.2 Å². The SMILES string of the molecule is CCc1ccc(CC(N)c2ccc(C(F)(F)F)cn2)cc1. The number of nitrogens with two attached hydrogens (primary N) is 1. The first-order valence-corrected chi connectivity index (χ1v) is 6.76. The van der Waals surface area contributed by atoms with Gasteiger partial charge in [0.15, 0.2) is 0 Å². The zero-order valence-corrected chi connectivity index (χ0v) is 11.7. The Bertz CT molecular complexity index is 574. The minimum atomic E-state index is -4.37. The van der Waals surface area contributed by atoms with Crippen LogP contribution in [0.1, 0.15) is 35.3 Å². The standard InChI is InChI=1S/C16H17F3N2/c1-2-11-3-5-12(6-4-11)9-14(20)15-8-7-13(10-21-15)16(17,18)19/h3-8,10,14H,2,9,20H2,1H3. The minimum Gasteiger partial charge on any atom is -0.322 e. The molecule has 0 saturated carbocycles. The van der Waals surface area contributed by atoms with Gasteiger partial charge in [0, 0.05) is 6.20 Å². The number of rotatable bonds is 4. The van der Waals surface area contributed by atoms with Crippen molar-refractivity contribution < 1.29 is 13.2 Å². The molecule has 1 unspecified atom stereocenters. The van der Waals surface area contributed by atoms with Gasteiger partial charge in [-0.15, -0.1) is 0 Å². The lowest BCUT2D eigenvalue weighted by molar-refractivity contribution is -0.137. The van der Waals surface area contributed by atoms with Crippen LogP contribution in [-0.2, 0) is 19.0 Å². The van der Waals surface area contributed by atoms with E-state index >= 15 is 0 Å². The van der Waals surface area contributed by atoms with Gasteiger partial charge in [-0.05, 0) is 36.1 Å². The summed E-state index contributed by atoms with van der Waals surface area (Å²) < 4.78 is 37.4. The number of pyridine rings is 1. The molecule has 0 saturated heterocycles. The maximum atomic E-state index is 12.5. The highest BCUT2D eigenvalue weighted by Gasteiger charge is 2.30. The van der Waals surface area contributed by atoms with E-state index in [-0.39, 0.29) is 0 Å². The van der Waals surface area contributed by atoms with Gasteiger partial charge < -0.3 is 5.73 Å². The third kappa shape index (κ3) is 4.04. The van der Waals surface area contributed by atoms with Crippen LogP contribution in [-0.4, -0.2) is 4.98 Å². The highest BCUT2D eigenvalue weighted by Crippen LogP contribution is 2.29. The summed E-state index contributed by atoms with van der Waals surface area (Å²) in [6, 6.07) is 9.98. The van der Waals surface area contributed by atoms with Crippen molar-refractivity contribution in [2.75, 3.05) is 0 Å². The Labute approximate surface area is 121 Å². The molecule has 21 heavy (non-hydrogen) atoms. The number of aryl methyl sites for hydroxylation is 1. The van der Waals surface area contributed by atoms with Gasteiger partial charge in [0.05, 0.1) is 17.3 Å². The van der Waals surface area contributed by atoms with E-state index in [9.17, 15) is 13.2 Å². The number of alkyl halides is 3. The fraction of sp³-hybridized carbons (Fsp3) is 0.312. The first-order chi connectivity index (χ1) is 9.90. The summed E-state index contributed by atoms with van der Waals surface area (Å²) in [6.45, 7) is 2.08. The smallest absolute Gasteiger partial charge is 0.322 e. The monoisotopic (exact) mass is 294 g/mol. The predicted molar refractivity (Wildman–Crippen MR) is 75.7 cm³/mol. The Hall–Kier alpha value is -1.88. The van der Waals surface area contributed by atoms with Gasteiger partial charge in [-0.2, -0.15) is 13.2 Å². The van der Waals surface area contributed by atoms with Gasteiger partial charge in [0.1, 0.15) is 0 Å². The van der Waals surface area contributed by atoms with Crippen LogP contribution >= 0.6 is 0 Å². The third-order valence-corrected chi connectivity index (χ3v) is 3.38. The van der Waals surface area contributed by atoms with Gasteiger partial charge >= 0.3 is 6.18 Å².